The third-order valence-electron chi connectivity index (χ3n) is 3.82. The van der Waals surface area contributed by atoms with Crippen molar-refractivity contribution < 1.29 is 24.3 Å². The van der Waals surface area contributed by atoms with Gasteiger partial charge in [0.2, 0.25) is 17.7 Å². The molecule has 150 valence electrons. The minimum Gasteiger partial charge on any atom is -0.480 e. The van der Waals surface area contributed by atoms with E-state index in [0.29, 0.717) is 6.42 Å². The van der Waals surface area contributed by atoms with Crippen LogP contribution in [-0.2, 0) is 19.2 Å². The molecule has 0 aromatic rings. The summed E-state index contributed by atoms with van der Waals surface area (Å²) < 4.78 is 0. The predicted molar refractivity (Wildman–Crippen MR) is 104 cm³/mol. The predicted octanol–water partition coefficient (Wildman–Crippen LogP) is -1.22. The van der Waals surface area contributed by atoms with E-state index in [0.717, 1.165) is 0 Å². The average Bonchev–Trinajstić information content (AvgIpc) is 2.60. The Morgan fingerprint density at radius 2 is 1.42 bits per heavy atom. The molecule has 6 N–H and O–H groups in total. The minimum atomic E-state index is -1.24. The molecular weight excluding hydrogens is 380 g/mol. The Morgan fingerprint density at radius 1 is 0.923 bits per heavy atom. The maximum absolute atomic E-state index is 12.6. The van der Waals surface area contributed by atoms with Crippen LogP contribution in [0.3, 0.4) is 0 Å². The van der Waals surface area contributed by atoms with E-state index in [9.17, 15) is 19.2 Å². The zero-order chi connectivity index (χ0) is 20.4. The van der Waals surface area contributed by atoms with E-state index in [1.807, 2.05) is 6.92 Å². The first kappa shape index (κ1) is 24.5. The molecule has 0 saturated heterocycles. The summed E-state index contributed by atoms with van der Waals surface area (Å²) in [6.45, 7) is 5.13. The maximum Gasteiger partial charge on any atom is 0.327 e. The average molecular weight is 409 g/mol. The molecule has 5 atom stereocenters. The number of aliphatic carboxylic acids is 1. The molecule has 3 amide bonds. The van der Waals surface area contributed by atoms with Crippen LogP contribution in [-0.4, -0.2) is 64.5 Å². The van der Waals surface area contributed by atoms with Crippen molar-refractivity contribution in [2.24, 2.45) is 11.7 Å². The van der Waals surface area contributed by atoms with Crippen molar-refractivity contribution >= 4 is 48.9 Å². The van der Waals surface area contributed by atoms with Gasteiger partial charge >= 0.3 is 5.97 Å². The second-order valence-electron chi connectivity index (χ2n) is 5.99. The fourth-order valence-electron chi connectivity index (χ4n) is 1.90. The third-order valence-corrected chi connectivity index (χ3v) is 4.55. The number of carbonyl (C=O) groups is 4. The van der Waals surface area contributed by atoms with Crippen molar-refractivity contribution in [2.75, 3.05) is 11.5 Å². The number of nitrogens with one attached hydrogen (secondary N) is 3. The lowest BCUT2D eigenvalue weighted by molar-refractivity contribution is -0.141. The van der Waals surface area contributed by atoms with Gasteiger partial charge in [0.15, 0.2) is 0 Å². The Morgan fingerprint density at radius 3 is 1.81 bits per heavy atom. The number of nitrogens with two attached hydrogens (primary N) is 1. The molecular formula is C15H28N4O5S2. The van der Waals surface area contributed by atoms with Crippen LogP contribution in [0.4, 0.5) is 0 Å². The van der Waals surface area contributed by atoms with E-state index in [1.54, 1.807) is 6.92 Å². The fourth-order valence-corrected chi connectivity index (χ4v) is 2.40. The van der Waals surface area contributed by atoms with Crippen LogP contribution in [0.2, 0.25) is 0 Å². The van der Waals surface area contributed by atoms with Crippen LogP contribution in [0.5, 0.6) is 0 Å². The zero-order valence-electron chi connectivity index (χ0n) is 15.1. The summed E-state index contributed by atoms with van der Waals surface area (Å²) in [6, 6.07) is -3.92. The molecule has 9 nitrogen and oxygen atoms in total. The Hall–Kier alpha value is -1.46. The molecule has 0 aliphatic heterocycles. The SMILES string of the molecule is CCC(C)C(NC(=O)C(C)N)C(=O)NC(CS)C(=O)NC(CS)C(=O)O. The molecule has 0 fully saturated rings. The topological polar surface area (TPSA) is 151 Å². The third kappa shape index (κ3) is 7.83. The van der Waals surface area contributed by atoms with Crippen molar-refractivity contribution in [3.05, 3.63) is 0 Å². The van der Waals surface area contributed by atoms with Crippen LogP contribution in [0.1, 0.15) is 27.2 Å². The van der Waals surface area contributed by atoms with Gasteiger partial charge in [0, 0.05) is 11.5 Å². The number of carboxylic acids is 1. The quantitative estimate of drug-likeness (QED) is 0.213. The number of rotatable bonds is 11. The summed E-state index contributed by atoms with van der Waals surface area (Å²) in [7, 11) is 0. The van der Waals surface area contributed by atoms with Gasteiger partial charge in [-0.15, -0.1) is 0 Å². The van der Waals surface area contributed by atoms with E-state index in [-0.39, 0.29) is 17.4 Å². The molecule has 26 heavy (non-hydrogen) atoms. The van der Waals surface area contributed by atoms with Gasteiger partial charge in [0.25, 0.3) is 0 Å². The molecule has 0 heterocycles. The first-order chi connectivity index (χ1) is 12.1. The van der Waals surface area contributed by atoms with Crippen LogP contribution in [0.15, 0.2) is 0 Å². The van der Waals surface area contributed by atoms with Crippen molar-refractivity contribution in [1.29, 1.82) is 0 Å². The number of carboxylic acid groups (broad SMARTS) is 1. The van der Waals surface area contributed by atoms with E-state index < -0.39 is 47.9 Å². The zero-order valence-corrected chi connectivity index (χ0v) is 16.8. The highest BCUT2D eigenvalue weighted by Gasteiger charge is 2.31. The Balaban J connectivity index is 5.13. The highest BCUT2D eigenvalue weighted by atomic mass is 32.1. The molecule has 0 aromatic carbocycles. The van der Waals surface area contributed by atoms with Crippen molar-refractivity contribution in [3.8, 4) is 0 Å². The molecule has 0 aromatic heterocycles. The van der Waals surface area contributed by atoms with Gasteiger partial charge in [-0.05, 0) is 12.8 Å². The van der Waals surface area contributed by atoms with Gasteiger partial charge in [-0.2, -0.15) is 25.3 Å². The van der Waals surface area contributed by atoms with Gasteiger partial charge < -0.3 is 26.8 Å². The monoisotopic (exact) mass is 408 g/mol. The Labute approximate surface area is 164 Å². The normalized spacial score (nSPS) is 16.5. The van der Waals surface area contributed by atoms with Gasteiger partial charge in [-0.25, -0.2) is 4.79 Å². The fraction of sp³-hybridized carbons (Fsp3) is 0.733. The summed E-state index contributed by atoms with van der Waals surface area (Å²) in [6.07, 6.45) is 0.607. The molecule has 0 bridgehead atoms. The summed E-state index contributed by atoms with van der Waals surface area (Å²) >= 11 is 7.89. The smallest absolute Gasteiger partial charge is 0.327 e. The number of hydrogen-bond donors (Lipinski definition) is 7. The number of hydrogen-bond acceptors (Lipinski definition) is 7. The van der Waals surface area contributed by atoms with E-state index >= 15 is 0 Å². The standard InChI is InChI=1S/C15H28N4O5S2/c1-4-7(2)11(19-12(20)8(3)16)14(22)17-9(5-25)13(21)18-10(6-26)15(23)24/h7-11,25-26H,4-6,16H2,1-3H3,(H,17,22)(H,18,21)(H,19,20)(H,23,24). The molecule has 0 aliphatic rings. The van der Waals surface area contributed by atoms with Gasteiger partial charge in [0.1, 0.15) is 18.1 Å². The maximum atomic E-state index is 12.6. The van der Waals surface area contributed by atoms with Crippen molar-refractivity contribution in [3.63, 3.8) is 0 Å². The largest absolute Gasteiger partial charge is 0.480 e. The second-order valence-corrected chi connectivity index (χ2v) is 6.72. The first-order valence-corrected chi connectivity index (χ1v) is 9.46. The van der Waals surface area contributed by atoms with E-state index in [4.69, 9.17) is 10.8 Å². The van der Waals surface area contributed by atoms with Crippen molar-refractivity contribution in [1.82, 2.24) is 16.0 Å². The number of thiol groups is 2. The minimum absolute atomic E-state index is 0.0506. The summed E-state index contributed by atoms with van der Waals surface area (Å²) in [5.74, 6) is -3.35. The molecule has 0 radical (unpaired) electrons. The summed E-state index contributed by atoms with van der Waals surface area (Å²) in [5, 5.41) is 16.3. The summed E-state index contributed by atoms with van der Waals surface area (Å²) in [5.41, 5.74) is 5.52. The van der Waals surface area contributed by atoms with Crippen LogP contribution >= 0.6 is 25.3 Å². The van der Waals surface area contributed by atoms with Crippen LogP contribution < -0.4 is 21.7 Å². The highest BCUT2D eigenvalue weighted by molar-refractivity contribution is 7.80. The van der Waals surface area contributed by atoms with Crippen LogP contribution in [0.25, 0.3) is 0 Å². The number of carbonyl (C=O) groups excluding carboxylic acids is 3. The lowest BCUT2D eigenvalue weighted by Crippen LogP contribution is -2.59. The van der Waals surface area contributed by atoms with Gasteiger partial charge in [-0.1, -0.05) is 20.3 Å². The lowest BCUT2D eigenvalue weighted by atomic mass is 9.97. The lowest BCUT2D eigenvalue weighted by Gasteiger charge is -2.27. The van der Waals surface area contributed by atoms with Gasteiger partial charge in [-0.3, -0.25) is 14.4 Å². The second kappa shape index (κ2) is 12.0. The summed E-state index contributed by atoms with van der Waals surface area (Å²) in [4.78, 5) is 47.6. The van der Waals surface area contributed by atoms with E-state index in [1.165, 1.54) is 6.92 Å². The Bertz CT molecular complexity index is 518. The first-order valence-electron chi connectivity index (χ1n) is 8.20. The molecule has 5 unspecified atom stereocenters. The molecule has 0 aliphatic carbocycles. The molecule has 0 saturated carbocycles. The number of amides is 3. The van der Waals surface area contributed by atoms with Crippen molar-refractivity contribution in [2.45, 2.75) is 51.4 Å². The van der Waals surface area contributed by atoms with E-state index in [2.05, 4.69) is 41.2 Å². The molecule has 0 rings (SSSR count). The highest BCUT2D eigenvalue weighted by Crippen LogP contribution is 2.09. The van der Waals surface area contributed by atoms with Crippen LogP contribution in [0, 0.1) is 5.92 Å². The van der Waals surface area contributed by atoms with Gasteiger partial charge in [0.05, 0.1) is 6.04 Å². The molecule has 11 heteroatoms. The molecule has 0 spiro atoms. The Kier molecular flexibility index (Phi) is 11.3.